The lowest BCUT2D eigenvalue weighted by atomic mass is 9.98. The molecule has 0 aromatic heterocycles. The second kappa shape index (κ2) is 4.63. The number of nitrogens with two attached hydrogens (primary N) is 1. The van der Waals surface area contributed by atoms with E-state index in [0.29, 0.717) is 17.5 Å². The van der Waals surface area contributed by atoms with Gasteiger partial charge >= 0.3 is 0 Å². The highest BCUT2D eigenvalue weighted by Gasteiger charge is 2.11. The van der Waals surface area contributed by atoms with Crippen LogP contribution in [0.25, 0.3) is 0 Å². The van der Waals surface area contributed by atoms with Gasteiger partial charge in [-0.15, -0.1) is 6.58 Å². The molecule has 1 aromatic carbocycles. The van der Waals surface area contributed by atoms with Gasteiger partial charge in [0.05, 0.1) is 11.6 Å². The molecule has 78 valence electrons. The van der Waals surface area contributed by atoms with E-state index in [1.807, 2.05) is 13.0 Å². The highest BCUT2D eigenvalue weighted by molar-refractivity contribution is 5.43. The second-order valence-corrected chi connectivity index (χ2v) is 3.65. The molecule has 0 saturated heterocycles. The summed E-state index contributed by atoms with van der Waals surface area (Å²) in [5, 5.41) is 18.3. The summed E-state index contributed by atoms with van der Waals surface area (Å²) in [5.74, 6) is 0.128. The maximum atomic E-state index is 9.59. The van der Waals surface area contributed by atoms with Gasteiger partial charge in [0.2, 0.25) is 0 Å². The monoisotopic (exact) mass is 202 g/mol. The number of nitrogens with zero attached hydrogens (tertiary/aromatic N) is 1. The van der Waals surface area contributed by atoms with E-state index in [9.17, 15) is 5.11 Å². The summed E-state index contributed by atoms with van der Waals surface area (Å²) in [6, 6.07) is 6.37. The minimum atomic E-state index is -0.309. The first-order valence-corrected chi connectivity index (χ1v) is 4.67. The van der Waals surface area contributed by atoms with Gasteiger partial charge in [-0.2, -0.15) is 5.26 Å². The molecule has 0 saturated carbocycles. The molecule has 1 atom stereocenters. The average molecular weight is 202 g/mol. The first-order chi connectivity index (χ1) is 7.04. The van der Waals surface area contributed by atoms with Gasteiger partial charge in [0, 0.05) is 11.6 Å². The van der Waals surface area contributed by atoms with Crippen LogP contribution in [0, 0.1) is 11.3 Å². The summed E-state index contributed by atoms with van der Waals surface area (Å²) in [5.41, 5.74) is 7.93. The van der Waals surface area contributed by atoms with Crippen molar-refractivity contribution < 1.29 is 5.11 Å². The molecule has 0 aliphatic rings. The van der Waals surface area contributed by atoms with E-state index >= 15 is 0 Å². The van der Waals surface area contributed by atoms with Crippen molar-refractivity contribution in [2.45, 2.75) is 19.4 Å². The van der Waals surface area contributed by atoms with E-state index in [1.165, 1.54) is 6.07 Å². The van der Waals surface area contributed by atoms with Crippen LogP contribution in [0.2, 0.25) is 0 Å². The average Bonchev–Trinajstić information content (AvgIpc) is 2.17. The van der Waals surface area contributed by atoms with Crippen molar-refractivity contribution in [1.29, 1.82) is 5.26 Å². The molecule has 0 aliphatic carbocycles. The zero-order valence-electron chi connectivity index (χ0n) is 8.70. The highest BCUT2D eigenvalue weighted by atomic mass is 16.3. The molecule has 3 N–H and O–H groups in total. The minimum Gasteiger partial charge on any atom is -0.508 e. The van der Waals surface area contributed by atoms with Gasteiger partial charge in [0.1, 0.15) is 5.75 Å². The number of aromatic hydroxyl groups is 1. The van der Waals surface area contributed by atoms with Crippen LogP contribution in [-0.4, -0.2) is 5.11 Å². The lowest BCUT2D eigenvalue weighted by Gasteiger charge is -2.13. The molecule has 0 bridgehead atoms. The smallest absolute Gasteiger partial charge is 0.120 e. The van der Waals surface area contributed by atoms with Gasteiger partial charge in [-0.25, -0.2) is 0 Å². The predicted octanol–water partition coefficient (Wildman–Crippen LogP) is 2.23. The maximum absolute atomic E-state index is 9.59. The van der Waals surface area contributed by atoms with Crippen LogP contribution in [0.5, 0.6) is 5.75 Å². The molecule has 15 heavy (non-hydrogen) atoms. The van der Waals surface area contributed by atoms with Crippen molar-refractivity contribution in [3.8, 4) is 11.8 Å². The van der Waals surface area contributed by atoms with E-state index in [4.69, 9.17) is 11.0 Å². The maximum Gasteiger partial charge on any atom is 0.120 e. The largest absolute Gasteiger partial charge is 0.508 e. The van der Waals surface area contributed by atoms with Crippen LogP contribution < -0.4 is 5.73 Å². The summed E-state index contributed by atoms with van der Waals surface area (Å²) in [6.45, 7) is 5.65. The van der Waals surface area contributed by atoms with Gasteiger partial charge in [-0.1, -0.05) is 5.57 Å². The Morgan fingerprint density at radius 3 is 2.87 bits per heavy atom. The standard InChI is InChI=1S/C12H14N2O/c1-8(2)5-11(14)10-6-9(7-13)3-4-12(10)15/h3-4,6,11,15H,1,5,14H2,2H3/t11-/m1/s1. The van der Waals surface area contributed by atoms with Crippen LogP contribution in [0.15, 0.2) is 30.4 Å². The predicted molar refractivity (Wildman–Crippen MR) is 59.2 cm³/mol. The molecule has 3 nitrogen and oxygen atoms in total. The molecule has 0 heterocycles. The van der Waals surface area contributed by atoms with Crippen LogP contribution in [0.1, 0.15) is 30.5 Å². The molecule has 0 fully saturated rings. The lowest BCUT2D eigenvalue weighted by molar-refractivity contribution is 0.461. The number of nitriles is 1. The number of hydrogen-bond donors (Lipinski definition) is 2. The Kier molecular flexibility index (Phi) is 3.48. The Labute approximate surface area is 89.5 Å². The van der Waals surface area contributed by atoms with Crippen molar-refractivity contribution in [3.05, 3.63) is 41.5 Å². The number of rotatable bonds is 3. The molecule has 3 heteroatoms. The first-order valence-electron chi connectivity index (χ1n) is 4.67. The Bertz CT molecular complexity index is 418. The third-order valence-corrected chi connectivity index (χ3v) is 2.12. The zero-order valence-corrected chi connectivity index (χ0v) is 8.70. The van der Waals surface area contributed by atoms with E-state index in [-0.39, 0.29) is 11.8 Å². The fraction of sp³-hybridized carbons (Fsp3) is 0.250. The van der Waals surface area contributed by atoms with E-state index in [2.05, 4.69) is 6.58 Å². The molecule has 0 spiro atoms. The second-order valence-electron chi connectivity index (χ2n) is 3.65. The van der Waals surface area contributed by atoms with Gasteiger partial charge in [-0.05, 0) is 31.5 Å². The van der Waals surface area contributed by atoms with Crippen LogP contribution in [0.4, 0.5) is 0 Å². The van der Waals surface area contributed by atoms with Crippen molar-refractivity contribution in [1.82, 2.24) is 0 Å². The Morgan fingerprint density at radius 2 is 2.33 bits per heavy atom. The van der Waals surface area contributed by atoms with Crippen molar-refractivity contribution >= 4 is 0 Å². The van der Waals surface area contributed by atoms with Crippen LogP contribution >= 0.6 is 0 Å². The summed E-state index contributed by atoms with van der Waals surface area (Å²) < 4.78 is 0. The fourth-order valence-corrected chi connectivity index (χ4v) is 1.41. The zero-order chi connectivity index (χ0) is 11.4. The molecule has 1 aromatic rings. The molecule has 1 rings (SSSR count). The fourth-order valence-electron chi connectivity index (χ4n) is 1.41. The number of hydrogen-bond acceptors (Lipinski definition) is 3. The van der Waals surface area contributed by atoms with Crippen molar-refractivity contribution in [2.75, 3.05) is 0 Å². The van der Waals surface area contributed by atoms with Crippen molar-refractivity contribution in [2.24, 2.45) is 5.73 Å². The topological polar surface area (TPSA) is 70.0 Å². The number of phenolic OH excluding ortho intramolecular Hbond substituents is 1. The van der Waals surface area contributed by atoms with Crippen LogP contribution in [-0.2, 0) is 0 Å². The first kappa shape index (κ1) is 11.3. The van der Waals surface area contributed by atoms with E-state index in [0.717, 1.165) is 5.57 Å². The van der Waals surface area contributed by atoms with Crippen LogP contribution in [0.3, 0.4) is 0 Å². The summed E-state index contributed by atoms with van der Waals surface area (Å²) in [4.78, 5) is 0. The Balaban J connectivity index is 3.02. The summed E-state index contributed by atoms with van der Waals surface area (Å²) >= 11 is 0. The summed E-state index contributed by atoms with van der Waals surface area (Å²) in [7, 11) is 0. The SMILES string of the molecule is C=C(C)C[C@@H](N)c1cc(C#N)ccc1O. The van der Waals surface area contributed by atoms with Gasteiger partial charge in [0.25, 0.3) is 0 Å². The third kappa shape index (κ3) is 2.83. The lowest BCUT2D eigenvalue weighted by Crippen LogP contribution is -2.10. The molecule has 0 unspecified atom stereocenters. The number of benzene rings is 1. The molecule has 0 aliphatic heterocycles. The van der Waals surface area contributed by atoms with Crippen molar-refractivity contribution in [3.63, 3.8) is 0 Å². The molecule has 0 amide bonds. The number of phenols is 1. The molecule has 0 radical (unpaired) electrons. The Morgan fingerprint density at radius 1 is 1.67 bits per heavy atom. The highest BCUT2D eigenvalue weighted by Crippen LogP contribution is 2.27. The normalized spacial score (nSPS) is 11.8. The Hall–Kier alpha value is -1.79. The van der Waals surface area contributed by atoms with Gasteiger partial charge in [-0.3, -0.25) is 0 Å². The van der Waals surface area contributed by atoms with E-state index in [1.54, 1.807) is 12.1 Å². The minimum absolute atomic E-state index is 0.128. The van der Waals surface area contributed by atoms with Gasteiger partial charge < -0.3 is 10.8 Å². The molecular weight excluding hydrogens is 188 g/mol. The quantitative estimate of drug-likeness (QED) is 0.738. The molecular formula is C12H14N2O. The van der Waals surface area contributed by atoms with E-state index < -0.39 is 0 Å². The summed E-state index contributed by atoms with van der Waals surface area (Å²) in [6.07, 6.45) is 0.600. The third-order valence-electron chi connectivity index (χ3n) is 2.12. The van der Waals surface area contributed by atoms with Gasteiger partial charge in [0.15, 0.2) is 0 Å².